The third kappa shape index (κ3) is 2.26. The van der Waals surface area contributed by atoms with Crippen LogP contribution < -0.4 is 0 Å². The van der Waals surface area contributed by atoms with Crippen molar-refractivity contribution in [3.63, 3.8) is 0 Å². The van der Waals surface area contributed by atoms with Gasteiger partial charge in [-0.25, -0.2) is 0 Å². The highest BCUT2D eigenvalue weighted by molar-refractivity contribution is 5.74. The quantitative estimate of drug-likeness (QED) is 0.786. The first-order valence-corrected chi connectivity index (χ1v) is 5.83. The highest BCUT2D eigenvalue weighted by Gasteiger charge is 2.12. The number of benzene rings is 2. The van der Waals surface area contributed by atoms with Crippen molar-refractivity contribution in [1.82, 2.24) is 0 Å². The van der Waals surface area contributed by atoms with Gasteiger partial charge in [-0.05, 0) is 17.5 Å². The number of aryl methyl sites for hydroxylation is 1. The molecule has 0 heterocycles. The fourth-order valence-electron chi connectivity index (χ4n) is 1.94. The van der Waals surface area contributed by atoms with E-state index in [4.69, 9.17) is 0 Å². The van der Waals surface area contributed by atoms with E-state index < -0.39 is 0 Å². The van der Waals surface area contributed by atoms with Gasteiger partial charge < -0.3 is 10.2 Å². The summed E-state index contributed by atoms with van der Waals surface area (Å²) < 4.78 is 0. The summed E-state index contributed by atoms with van der Waals surface area (Å²) in [5.41, 5.74) is 2.37. The molecule has 0 saturated heterocycles. The highest BCUT2D eigenvalue weighted by atomic mass is 16.3. The number of aromatic hydroxyl groups is 2. The molecule has 0 unspecified atom stereocenters. The molecule has 2 N–H and O–H groups in total. The second-order valence-corrected chi connectivity index (χ2v) is 4.09. The minimum Gasteiger partial charge on any atom is -0.504 e. The van der Waals surface area contributed by atoms with Crippen LogP contribution in [0.2, 0.25) is 0 Å². The summed E-state index contributed by atoms with van der Waals surface area (Å²) in [6.07, 6.45) is 1.71. The number of phenolic OH excluding ortho intramolecular Hbond substituents is 2. The topological polar surface area (TPSA) is 40.5 Å². The Kier molecular flexibility index (Phi) is 3.33. The molecule has 17 heavy (non-hydrogen) atoms. The number of rotatable bonds is 3. The van der Waals surface area contributed by atoms with Crippen molar-refractivity contribution in [2.24, 2.45) is 0 Å². The zero-order valence-electron chi connectivity index (χ0n) is 9.85. The molecule has 0 bridgehead atoms. The van der Waals surface area contributed by atoms with E-state index in [1.54, 1.807) is 0 Å². The molecule has 0 aliphatic rings. The van der Waals surface area contributed by atoms with Crippen LogP contribution in [-0.2, 0) is 6.42 Å². The van der Waals surface area contributed by atoms with Gasteiger partial charge in [0.25, 0.3) is 0 Å². The third-order valence-corrected chi connectivity index (χ3v) is 2.84. The van der Waals surface area contributed by atoms with E-state index in [-0.39, 0.29) is 11.5 Å². The Morgan fingerprint density at radius 3 is 2.24 bits per heavy atom. The molecule has 2 aromatic carbocycles. The standard InChI is InChI=1S/C15H16O2/c1-2-6-12-9-10-13(15(17)14(12)16)11-7-4-3-5-8-11/h3-5,7-10,16-17H,2,6H2,1H3. The zero-order chi connectivity index (χ0) is 12.3. The van der Waals surface area contributed by atoms with Gasteiger partial charge in [-0.2, -0.15) is 0 Å². The summed E-state index contributed by atoms with van der Waals surface area (Å²) in [7, 11) is 0. The lowest BCUT2D eigenvalue weighted by Crippen LogP contribution is -1.87. The molecule has 2 rings (SSSR count). The molecular formula is C15H16O2. The first kappa shape index (κ1) is 11.5. The van der Waals surface area contributed by atoms with Crippen molar-refractivity contribution < 1.29 is 10.2 Å². The second-order valence-electron chi connectivity index (χ2n) is 4.09. The lowest BCUT2D eigenvalue weighted by atomic mass is 10.00. The number of hydrogen-bond acceptors (Lipinski definition) is 2. The Morgan fingerprint density at radius 1 is 0.882 bits per heavy atom. The predicted molar refractivity (Wildman–Crippen MR) is 69.2 cm³/mol. The maximum atomic E-state index is 10.0. The van der Waals surface area contributed by atoms with E-state index in [0.717, 1.165) is 24.0 Å². The largest absolute Gasteiger partial charge is 0.504 e. The molecule has 0 aromatic heterocycles. The molecular weight excluding hydrogens is 212 g/mol. The minimum atomic E-state index is -0.0258. The summed E-state index contributed by atoms with van der Waals surface area (Å²) in [4.78, 5) is 0. The number of hydrogen-bond donors (Lipinski definition) is 2. The SMILES string of the molecule is CCCc1ccc(-c2ccccc2)c(O)c1O. The average molecular weight is 228 g/mol. The maximum Gasteiger partial charge on any atom is 0.165 e. The fourth-order valence-corrected chi connectivity index (χ4v) is 1.94. The minimum absolute atomic E-state index is 0.00760. The maximum absolute atomic E-state index is 10.0. The van der Waals surface area contributed by atoms with Crippen LogP contribution in [0, 0.1) is 0 Å². The van der Waals surface area contributed by atoms with E-state index in [9.17, 15) is 10.2 Å². The smallest absolute Gasteiger partial charge is 0.165 e. The Balaban J connectivity index is 2.48. The Bertz CT molecular complexity index is 504. The van der Waals surface area contributed by atoms with Gasteiger partial charge in [-0.1, -0.05) is 55.8 Å². The van der Waals surface area contributed by atoms with Gasteiger partial charge in [0.1, 0.15) is 0 Å². The van der Waals surface area contributed by atoms with Crippen molar-refractivity contribution in [3.05, 3.63) is 48.0 Å². The summed E-state index contributed by atoms with van der Waals surface area (Å²) in [6.45, 7) is 2.04. The third-order valence-electron chi connectivity index (χ3n) is 2.84. The molecule has 0 saturated carbocycles. The zero-order valence-corrected chi connectivity index (χ0v) is 9.85. The van der Waals surface area contributed by atoms with E-state index in [1.807, 2.05) is 49.4 Å². The summed E-state index contributed by atoms with van der Waals surface area (Å²) in [5, 5.41) is 19.9. The Hall–Kier alpha value is -1.96. The van der Waals surface area contributed by atoms with Gasteiger partial charge in [-0.15, -0.1) is 0 Å². The molecule has 0 aliphatic heterocycles. The molecule has 2 aromatic rings. The van der Waals surface area contributed by atoms with Crippen LogP contribution in [-0.4, -0.2) is 10.2 Å². The van der Waals surface area contributed by atoms with Crippen molar-refractivity contribution in [1.29, 1.82) is 0 Å². The lowest BCUT2D eigenvalue weighted by Gasteiger charge is -2.10. The molecule has 2 nitrogen and oxygen atoms in total. The van der Waals surface area contributed by atoms with Gasteiger partial charge in [0, 0.05) is 5.56 Å². The average Bonchev–Trinajstić information content (AvgIpc) is 2.36. The van der Waals surface area contributed by atoms with E-state index in [1.165, 1.54) is 0 Å². The molecule has 88 valence electrons. The van der Waals surface area contributed by atoms with Gasteiger partial charge >= 0.3 is 0 Å². The summed E-state index contributed by atoms with van der Waals surface area (Å²) in [6, 6.07) is 13.3. The van der Waals surface area contributed by atoms with Crippen LogP contribution in [0.4, 0.5) is 0 Å². The van der Waals surface area contributed by atoms with Crippen molar-refractivity contribution in [2.75, 3.05) is 0 Å². The van der Waals surface area contributed by atoms with Gasteiger partial charge in [-0.3, -0.25) is 0 Å². The molecule has 0 spiro atoms. The molecule has 2 heteroatoms. The van der Waals surface area contributed by atoms with E-state index in [2.05, 4.69) is 0 Å². The van der Waals surface area contributed by atoms with Crippen LogP contribution in [0.15, 0.2) is 42.5 Å². The van der Waals surface area contributed by atoms with Crippen LogP contribution in [0.5, 0.6) is 11.5 Å². The first-order valence-electron chi connectivity index (χ1n) is 5.83. The molecule has 0 atom stereocenters. The molecule has 0 radical (unpaired) electrons. The first-order chi connectivity index (χ1) is 8.24. The molecule has 0 amide bonds. The van der Waals surface area contributed by atoms with Crippen LogP contribution in [0.1, 0.15) is 18.9 Å². The molecule has 0 fully saturated rings. The normalized spacial score (nSPS) is 10.4. The van der Waals surface area contributed by atoms with Crippen molar-refractivity contribution in [3.8, 4) is 22.6 Å². The Morgan fingerprint density at radius 2 is 1.59 bits per heavy atom. The Labute approximate surface area is 101 Å². The summed E-state index contributed by atoms with van der Waals surface area (Å²) in [5.74, 6) is -0.0182. The highest BCUT2D eigenvalue weighted by Crippen LogP contribution is 2.39. The second kappa shape index (κ2) is 4.91. The lowest BCUT2D eigenvalue weighted by molar-refractivity contribution is 0.400. The van der Waals surface area contributed by atoms with E-state index in [0.29, 0.717) is 5.56 Å². The van der Waals surface area contributed by atoms with Crippen LogP contribution in [0.3, 0.4) is 0 Å². The van der Waals surface area contributed by atoms with Crippen LogP contribution >= 0.6 is 0 Å². The predicted octanol–water partition coefficient (Wildman–Crippen LogP) is 3.72. The monoisotopic (exact) mass is 228 g/mol. The number of phenols is 2. The van der Waals surface area contributed by atoms with Crippen molar-refractivity contribution in [2.45, 2.75) is 19.8 Å². The van der Waals surface area contributed by atoms with Gasteiger partial charge in [0.05, 0.1) is 0 Å². The van der Waals surface area contributed by atoms with Gasteiger partial charge in [0.15, 0.2) is 11.5 Å². The van der Waals surface area contributed by atoms with E-state index >= 15 is 0 Å². The molecule has 0 aliphatic carbocycles. The van der Waals surface area contributed by atoms with Crippen molar-refractivity contribution >= 4 is 0 Å². The fraction of sp³-hybridized carbons (Fsp3) is 0.200. The summed E-state index contributed by atoms with van der Waals surface area (Å²) >= 11 is 0. The van der Waals surface area contributed by atoms with Gasteiger partial charge in [0.2, 0.25) is 0 Å². The van der Waals surface area contributed by atoms with Crippen LogP contribution in [0.25, 0.3) is 11.1 Å².